The van der Waals surface area contributed by atoms with Crippen molar-refractivity contribution in [1.82, 2.24) is 19.7 Å². The lowest BCUT2D eigenvalue weighted by Crippen LogP contribution is -2.36. The molecule has 7 heteroatoms. The quantitative estimate of drug-likeness (QED) is 0.780. The fraction of sp³-hybridized carbons (Fsp3) is 0.250. The number of benzene rings is 2. The largest absolute Gasteiger partial charge is 0.242 e. The first kappa shape index (κ1) is 15.6. The third-order valence-corrected chi connectivity index (χ3v) is 5.05. The fourth-order valence-corrected chi connectivity index (χ4v) is 3.73. The van der Waals surface area contributed by atoms with Crippen molar-refractivity contribution in [2.75, 3.05) is 0 Å². The number of para-hydroxylation sites is 1. The Balaban J connectivity index is 2.00. The van der Waals surface area contributed by atoms with E-state index in [4.69, 9.17) is 0 Å². The van der Waals surface area contributed by atoms with Gasteiger partial charge in [-0.25, -0.2) is 13.1 Å². The molecule has 1 unspecified atom stereocenters. The highest BCUT2D eigenvalue weighted by Gasteiger charge is 2.25. The van der Waals surface area contributed by atoms with Gasteiger partial charge in [0.15, 0.2) is 0 Å². The van der Waals surface area contributed by atoms with Crippen molar-refractivity contribution in [3.05, 3.63) is 54.6 Å². The lowest BCUT2D eigenvalue weighted by atomic mass is 10.1. The normalized spacial score (nSPS) is 13.5. The number of rotatable bonds is 5. The highest BCUT2D eigenvalue weighted by atomic mass is 32.2. The topological polar surface area (TPSA) is 76.9 Å². The van der Waals surface area contributed by atoms with Gasteiger partial charge in [-0.15, -0.1) is 5.10 Å². The molecule has 0 aliphatic heterocycles. The monoisotopic (exact) mass is 330 g/mol. The summed E-state index contributed by atoms with van der Waals surface area (Å²) in [5, 5.41) is 8.24. The van der Waals surface area contributed by atoms with Gasteiger partial charge in [-0.3, -0.25) is 0 Å². The number of hydrogen-bond acceptors (Lipinski definition) is 4. The van der Waals surface area contributed by atoms with Crippen LogP contribution in [-0.4, -0.2) is 23.4 Å². The molecule has 1 atom stereocenters. The molecule has 0 amide bonds. The predicted molar refractivity (Wildman–Crippen MR) is 88.2 cm³/mol. The number of nitrogens with one attached hydrogen (secondary N) is 1. The van der Waals surface area contributed by atoms with Crippen LogP contribution in [0.5, 0.6) is 0 Å². The first-order valence-corrected chi connectivity index (χ1v) is 8.84. The highest BCUT2D eigenvalue weighted by Crippen LogP contribution is 2.22. The number of aromatic nitrogens is 3. The molecule has 2 aromatic carbocycles. The van der Waals surface area contributed by atoms with E-state index in [2.05, 4.69) is 15.0 Å². The van der Waals surface area contributed by atoms with Crippen molar-refractivity contribution < 1.29 is 8.42 Å². The van der Waals surface area contributed by atoms with Crippen molar-refractivity contribution in [2.24, 2.45) is 5.92 Å². The SMILES string of the molecule is CC(C)C(NS(=O)(=O)c1ccccc1)n1nnc2ccccc21. The van der Waals surface area contributed by atoms with Gasteiger partial charge >= 0.3 is 0 Å². The minimum Gasteiger partial charge on any atom is -0.226 e. The van der Waals surface area contributed by atoms with Crippen molar-refractivity contribution >= 4 is 21.1 Å². The maximum absolute atomic E-state index is 12.6. The Bertz CT molecular complexity index is 904. The number of sulfonamides is 1. The van der Waals surface area contributed by atoms with Crippen molar-refractivity contribution in [2.45, 2.75) is 24.9 Å². The van der Waals surface area contributed by atoms with Crippen molar-refractivity contribution in [3.63, 3.8) is 0 Å². The summed E-state index contributed by atoms with van der Waals surface area (Å²) in [6, 6.07) is 15.8. The van der Waals surface area contributed by atoms with E-state index in [1.807, 2.05) is 38.1 Å². The van der Waals surface area contributed by atoms with Gasteiger partial charge in [0.25, 0.3) is 0 Å². The Morgan fingerprint density at radius 3 is 2.35 bits per heavy atom. The lowest BCUT2D eigenvalue weighted by Gasteiger charge is -2.22. The number of hydrogen-bond donors (Lipinski definition) is 1. The molecule has 1 heterocycles. The molecule has 6 nitrogen and oxygen atoms in total. The van der Waals surface area contributed by atoms with Crippen LogP contribution in [0.4, 0.5) is 0 Å². The molecule has 0 aliphatic carbocycles. The third kappa shape index (κ3) is 3.11. The number of nitrogens with zero attached hydrogens (tertiary/aromatic N) is 3. The zero-order chi connectivity index (χ0) is 16.4. The summed E-state index contributed by atoms with van der Waals surface area (Å²) < 4.78 is 29.6. The average Bonchev–Trinajstić information content (AvgIpc) is 2.97. The van der Waals surface area contributed by atoms with Gasteiger partial charge in [0.1, 0.15) is 11.7 Å². The summed E-state index contributed by atoms with van der Waals surface area (Å²) in [5.74, 6) is -0.00130. The van der Waals surface area contributed by atoms with Crippen molar-refractivity contribution in [1.29, 1.82) is 0 Å². The summed E-state index contributed by atoms with van der Waals surface area (Å²) in [6.07, 6.45) is -0.521. The molecule has 3 aromatic rings. The highest BCUT2D eigenvalue weighted by molar-refractivity contribution is 7.89. The van der Waals surface area contributed by atoms with Crippen LogP contribution in [0.1, 0.15) is 20.0 Å². The average molecular weight is 330 g/mol. The molecule has 0 radical (unpaired) electrons. The number of fused-ring (bicyclic) bond motifs is 1. The predicted octanol–water partition coefficient (Wildman–Crippen LogP) is 2.56. The van der Waals surface area contributed by atoms with Crippen LogP contribution in [0.25, 0.3) is 11.0 Å². The minimum absolute atomic E-state index is 0.00130. The van der Waals surface area contributed by atoms with Gasteiger partial charge in [0, 0.05) is 0 Å². The van der Waals surface area contributed by atoms with E-state index in [0.717, 1.165) is 11.0 Å². The zero-order valence-electron chi connectivity index (χ0n) is 12.9. The Labute approximate surface area is 135 Å². The molecule has 1 N–H and O–H groups in total. The summed E-state index contributed by atoms with van der Waals surface area (Å²) in [4.78, 5) is 0.232. The molecular formula is C16H18N4O2S. The van der Waals surface area contributed by atoms with Crippen LogP contribution in [0.15, 0.2) is 59.5 Å². The second kappa shape index (κ2) is 6.10. The molecule has 23 heavy (non-hydrogen) atoms. The third-order valence-electron chi connectivity index (χ3n) is 3.60. The van der Waals surface area contributed by atoms with Gasteiger partial charge in [0.05, 0.1) is 10.4 Å². The van der Waals surface area contributed by atoms with E-state index in [1.165, 1.54) is 0 Å². The van der Waals surface area contributed by atoms with Gasteiger partial charge < -0.3 is 0 Å². The fourth-order valence-electron chi connectivity index (χ4n) is 2.39. The van der Waals surface area contributed by atoms with Crippen LogP contribution >= 0.6 is 0 Å². The zero-order valence-corrected chi connectivity index (χ0v) is 13.7. The Morgan fingerprint density at radius 2 is 1.65 bits per heavy atom. The summed E-state index contributed by atoms with van der Waals surface area (Å²) in [6.45, 7) is 3.88. The van der Waals surface area contributed by atoms with Gasteiger partial charge in [-0.2, -0.15) is 4.72 Å². The second-order valence-electron chi connectivity index (χ2n) is 5.65. The molecule has 3 rings (SSSR count). The second-order valence-corrected chi connectivity index (χ2v) is 7.36. The first-order chi connectivity index (χ1) is 11.0. The van der Waals surface area contributed by atoms with Gasteiger partial charge in [0.2, 0.25) is 10.0 Å². The van der Waals surface area contributed by atoms with Crippen LogP contribution in [0.2, 0.25) is 0 Å². The van der Waals surface area contributed by atoms with Crippen LogP contribution in [0, 0.1) is 5.92 Å². The Morgan fingerprint density at radius 1 is 1.00 bits per heavy atom. The molecule has 0 saturated carbocycles. The molecule has 0 spiro atoms. The van der Waals surface area contributed by atoms with E-state index < -0.39 is 16.2 Å². The van der Waals surface area contributed by atoms with E-state index in [0.29, 0.717) is 0 Å². The molecule has 0 fully saturated rings. The van der Waals surface area contributed by atoms with E-state index in [9.17, 15) is 8.42 Å². The van der Waals surface area contributed by atoms with E-state index in [-0.39, 0.29) is 10.8 Å². The van der Waals surface area contributed by atoms with Crippen LogP contribution in [-0.2, 0) is 10.0 Å². The van der Waals surface area contributed by atoms with Crippen LogP contribution in [0.3, 0.4) is 0 Å². The van der Waals surface area contributed by atoms with E-state index >= 15 is 0 Å². The molecular weight excluding hydrogens is 312 g/mol. The maximum atomic E-state index is 12.6. The molecule has 1 aromatic heterocycles. The Kier molecular flexibility index (Phi) is 4.14. The standard InChI is InChI=1S/C16H18N4O2S/c1-12(2)16(18-23(21,22)13-8-4-3-5-9-13)20-15-11-7-6-10-14(15)17-19-20/h3-12,16,18H,1-2H3. The first-order valence-electron chi connectivity index (χ1n) is 7.36. The van der Waals surface area contributed by atoms with Crippen LogP contribution < -0.4 is 4.72 Å². The summed E-state index contributed by atoms with van der Waals surface area (Å²) in [5.41, 5.74) is 1.53. The Hall–Kier alpha value is -2.25. The smallest absolute Gasteiger partial charge is 0.226 e. The van der Waals surface area contributed by atoms with Gasteiger partial charge in [-0.05, 0) is 30.2 Å². The summed E-state index contributed by atoms with van der Waals surface area (Å²) >= 11 is 0. The maximum Gasteiger partial charge on any atom is 0.242 e. The molecule has 0 bridgehead atoms. The molecule has 0 saturated heterocycles. The minimum atomic E-state index is -3.64. The lowest BCUT2D eigenvalue weighted by molar-refractivity contribution is 0.328. The molecule has 0 aliphatic rings. The van der Waals surface area contributed by atoms with E-state index in [1.54, 1.807) is 35.0 Å². The van der Waals surface area contributed by atoms with Crippen molar-refractivity contribution in [3.8, 4) is 0 Å². The summed E-state index contributed by atoms with van der Waals surface area (Å²) in [7, 11) is -3.64. The van der Waals surface area contributed by atoms with Gasteiger partial charge in [-0.1, -0.05) is 49.4 Å². The molecule has 120 valence electrons.